The summed E-state index contributed by atoms with van der Waals surface area (Å²) in [5.41, 5.74) is 3.39. The molecule has 0 atom stereocenters. The fraction of sp³-hybridized carbons (Fsp3) is 0.458. The summed E-state index contributed by atoms with van der Waals surface area (Å²) in [5.74, 6) is 2.78. The Hall–Kier alpha value is -3.09. The van der Waals surface area contributed by atoms with Crippen LogP contribution in [0.2, 0.25) is 0 Å². The van der Waals surface area contributed by atoms with Crippen molar-refractivity contribution < 1.29 is 28.5 Å². The standard InChI is InChI=1S/C24H33NO6/c1-7-31-24(26)25(2)13-12-19-16-23(30-6)22(29-5)15-18(19)10-8-17-9-11-20(27-3)21(14-17)28-4/h9,11,14-16H,7-8,10,12-13H2,1-6H3. The highest BCUT2D eigenvalue weighted by molar-refractivity contribution is 5.67. The zero-order valence-corrected chi connectivity index (χ0v) is 19.3. The van der Waals surface area contributed by atoms with Gasteiger partial charge in [0.05, 0.1) is 35.0 Å². The Kier molecular flexibility index (Phi) is 9.31. The van der Waals surface area contributed by atoms with Crippen LogP contribution in [0, 0.1) is 0 Å². The predicted octanol–water partition coefficient (Wildman–Crippen LogP) is 4.14. The van der Waals surface area contributed by atoms with Crippen molar-refractivity contribution in [1.82, 2.24) is 4.90 Å². The van der Waals surface area contributed by atoms with E-state index < -0.39 is 0 Å². The lowest BCUT2D eigenvalue weighted by Gasteiger charge is -2.19. The van der Waals surface area contributed by atoms with Crippen LogP contribution in [-0.4, -0.2) is 59.6 Å². The molecular weight excluding hydrogens is 398 g/mol. The fourth-order valence-corrected chi connectivity index (χ4v) is 3.36. The maximum Gasteiger partial charge on any atom is 0.409 e. The molecule has 170 valence electrons. The van der Waals surface area contributed by atoms with Crippen LogP contribution >= 0.6 is 0 Å². The maximum atomic E-state index is 11.9. The highest BCUT2D eigenvalue weighted by Crippen LogP contribution is 2.32. The highest BCUT2D eigenvalue weighted by Gasteiger charge is 2.15. The lowest BCUT2D eigenvalue weighted by Crippen LogP contribution is -2.29. The number of hydrogen-bond acceptors (Lipinski definition) is 6. The van der Waals surface area contributed by atoms with E-state index >= 15 is 0 Å². The van der Waals surface area contributed by atoms with Gasteiger partial charge in [-0.25, -0.2) is 4.79 Å². The average molecular weight is 432 g/mol. The molecule has 0 heterocycles. The molecule has 0 saturated carbocycles. The van der Waals surface area contributed by atoms with Crippen LogP contribution in [0.5, 0.6) is 23.0 Å². The van der Waals surface area contributed by atoms with Gasteiger partial charge in [-0.1, -0.05) is 6.07 Å². The predicted molar refractivity (Wildman–Crippen MR) is 120 cm³/mol. The van der Waals surface area contributed by atoms with Gasteiger partial charge in [-0.15, -0.1) is 0 Å². The minimum Gasteiger partial charge on any atom is -0.493 e. The zero-order chi connectivity index (χ0) is 22.8. The van der Waals surface area contributed by atoms with E-state index in [1.165, 1.54) is 0 Å². The van der Waals surface area contributed by atoms with E-state index in [-0.39, 0.29) is 6.09 Å². The molecule has 0 radical (unpaired) electrons. The molecule has 0 spiro atoms. The minimum absolute atomic E-state index is 0.324. The number of carbonyl (C=O) groups excluding carboxylic acids is 1. The molecule has 1 amide bonds. The topological polar surface area (TPSA) is 66.5 Å². The molecule has 2 aromatic carbocycles. The Morgan fingerprint density at radius 2 is 1.32 bits per heavy atom. The number of ether oxygens (including phenoxy) is 5. The average Bonchev–Trinajstić information content (AvgIpc) is 2.80. The van der Waals surface area contributed by atoms with Crippen LogP contribution < -0.4 is 18.9 Å². The van der Waals surface area contributed by atoms with Gasteiger partial charge in [0.1, 0.15) is 0 Å². The lowest BCUT2D eigenvalue weighted by molar-refractivity contribution is 0.116. The summed E-state index contributed by atoms with van der Waals surface area (Å²) in [7, 11) is 8.25. The number of carbonyl (C=O) groups is 1. The first-order valence-electron chi connectivity index (χ1n) is 10.3. The molecule has 0 fully saturated rings. The smallest absolute Gasteiger partial charge is 0.409 e. The van der Waals surface area contributed by atoms with Gasteiger partial charge < -0.3 is 28.6 Å². The third kappa shape index (κ3) is 6.44. The van der Waals surface area contributed by atoms with Gasteiger partial charge in [0, 0.05) is 13.6 Å². The van der Waals surface area contributed by atoms with Gasteiger partial charge in [0.2, 0.25) is 0 Å². The first kappa shape index (κ1) is 24.2. The molecule has 0 bridgehead atoms. The van der Waals surface area contributed by atoms with Crippen LogP contribution in [0.15, 0.2) is 30.3 Å². The minimum atomic E-state index is -0.324. The first-order chi connectivity index (χ1) is 15.0. The normalized spacial score (nSPS) is 10.4. The third-order valence-electron chi connectivity index (χ3n) is 5.13. The Bertz CT molecular complexity index is 867. The monoisotopic (exact) mass is 431 g/mol. The van der Waals surface area contributed by atoms with Gasteiger partial charge >= 0.3 is 6.09 Å². The van der Waals surface area contributed by atoms with Crippen molar-refractivity contribution in [1.29, 1.82) is 0 Å². The second kappa shape index (κ2) is 11.9. The second-order valence-corrected chi connectivity index (χ2v) is 7.04. The number of amides is 1. The summed E-state index contributed by atoms with van der Waals surface area (Å²) >= 11 is 0. The summed E-state index contributed by atoms with van der Waals surface area (Å²) < 4.78 is 26.8. The molecule has 0 unspecified atom stereocenters. The molecule has 2 aromatic rings. The summed E-state index contributed by atoms with van der Waals surface area (Å²) in [6, 6.07) is 9.95. The lowest BCUT2D eigenvalue weighted by atomic mass is 9.96. The number of aryl methyl sites for hydroxylation is 2. The fourth-order valence-electron chi connectivity index (χ4n) is 3.36. The number of methoxy groups -OCH3 is 4. The van der Waals surface area contributed by atoms with E-state index in [0.29, 0.717) is 42.6 Å². The summed E-state index contributed by atoms with van der Waals surface area (Å²) in [4.78, 5) is 13.5. The Morgan fingerprint density at radius 3 is 1.87 bits per heavy atom. The number of rotatable bonds is 11. The molecule has 0 saturated heterocycles. The van der Waals surface area contributed by atoms with Crippen LogP contribution in [0.25, 0.3) is 0 Å². The Labute approximate surface area is 184 Å². The molecule has 0 aliphatic carbocycles. The summed E-state index contributed by atoms with van der Waals surface area (Å²) in [6.07, 6.45) is 1.97. The van der Waals surface area contributed by atoms with Gasteiger partial charge in [-0.3, -0.25) is 0 Å². The molecule has 7 heteroatoms. The molecule has 0 aromatic heterocycles. The molecular formula is C24H33NO6. The van der Waals surface area contributed by atoms with Crippen molar-refractivity contribution in [3.05, 3.63) is 47.0 Å². The number of hydrogen-bond donors (Lipinski definition) is 0. The third-order valence-corrected chi connectivity index (χ3v) is 5.13. The number of nitrogens with zero attached hydrogens (tertiary/aromatic N) is 1. The van der Waals surface area contributed by atoms with E-state index in [2.05, 4.69) is 0 Å². The first-order valence-corrected chi connectivity index (χ1v) is 10.3. The summed E-state index contributed by atoms with van der Waals surface area (Å²) in [6.45, 7) is 2.69. The van der Waals surface area contributed by atoms with E-state index in [9.17, 15) is 4.79 Å². The van der Waals surface area contributed by atoms with Crippen molar-refractivity contribution in [2.24, 2.45) is 0 Å². The molecule has 2 rings (SSSR count). The van der Waals surface area contributed by atoms with Crippen LogP contribution in [0.3, 0.4) is 0 Å². The molecule has 7 nitrogen and oxygen atoms in total. The van der Waals surface area contributed by atoms with E-state index in [0.717, 1.165) is 29.5 Å². The maximum absolute atomic E-state index is 11.9. The van der Waals surface area contributed by atoms with Gasteiger partial charge in [0.15, 0.2) is 23.0 Å². The molecule has 0 aliphatic rings. The van der Waals surface area contributed by atoms with Crippen molar-refractivity contribution in [2.45, 2.75) is 26.2 Å². The molecule has 31 heavy (non-hydrogen) atoms. The Balaban J connectivity index is 2.22. The highest BCUT2D eigenvalue weighted by atomic mass is 16.6. The van der Waals surface area contributed by atoms with Gasteiger partial charge in [-0.2, -0.15) is 0 Å². The quantitative estimate of drug-likeness (QED) is 0.533. The van der Waals surface area contributed by atoms with E-state index in [4.69, 9.17) is 23.7 Å². The van der Waals surface area contributed by atoms with Crippen molar-refractivity contribution >= 4 is 6.09 Å². The largest absolute Gasteiger partial charge is 0.493 e. The van der Waals surface area contributed by atoms with Crippen molar-refractivity contribution in [3.63, 3.8) is 0 Å². The molecule has 0 N–H and O–H groups in total. The number of benzene rings is 2. The van der Waals surface area contributed by atoms with Crippen LogP contribution in [0.4, 0.5) is 4.79 Å². The SMILES string of the molecule is CCOC(=O)N(C)CCc1cc(OC)c(OC)cc1CCc1ccc(OC)c(OC)c1. The van der Waals surface area contributed by atoms with Crippen molar-refractivity contribution in [3.8, 4) is 23.0 Å². The molecule has 0 aliphatic heterocycles. The van der Waals surface area contributed by atoms with E-state index in [1.807, 2.05) is 30.3 Å². The van der Waals surface area contributed by atoms with Crippen molar-refractivity contribution in [2.75, 3.05) is 48.6 Å². The van der Waals surface area contributed by atoms with E-state index in [1.54, 1.807) is 47.3 Å². The summed E-state index contributed by atoms with van der Waals surface area (Å²) in [5, 5.41) is 0. The zero-order valence-electron chi connectivity index (χ0n) is 19.3. The second-order valence-electron chi connectivity index (χ2n) is 7.04. The van der Waals surface area contributed by atoms with Gasteiger partial charge in [0.25, 0.3) is 0 Å². The van der Waals surface area contributed by atoms with Gasteiger partial charge in [-0.05, 0) is 67.1 Å². The number of likely N-dealkylation sites (N-methyl/N-ethyl adjacent to an activating group) is 1. The van der Waals surface area contributed by atoms with Crippen LogP contribution in [0.1, 0.15) is 23.6 Å². The Morgan fingerprint density at radius 1 is 0.774 bits per heavy atom. The van der Waals surface area contributed by atoms with Crippen LogP contribution in [-0.2, 0) is 24.0 Å².